The maximum Gasteiger partial charge on any atom is 0.268 e. The Morgan fingerprint density at radius 3 is 2.41 bits per heavy atom. The number of Topliss-reactive ketones (excluding diaryl/α,β-unsaturated/α-hetero) is 1. The first-order chi connectivity index (χ1) is 19.8. The maximum absolute atomic E-state index is 13.8. The minimum absolute atomic E-state index is 0.0658. The summed E-state index contributed by atoms with van der Waals surface area (Å²) in [6.45, 7) is -0.172. The molecule has 0 unspecified atom stereocenters. The Balaban J connectivity index is 1.48. The number of benzene rings is 3. The lowest BCUT2D eigenvalue weighted by molar-refractivity contribution is 0.0975. The molecule has 0 atom stereocenters. The quantitative estimate of drug-likeness (QED) is 0.181. The summed E-state index contributed by atoms with van der Waals surface area (Å²) in [6.07, 6.45) is 6.02. The lowest BCUT2D eigenvalue weighted by Crippen LogP contribution is -2.12. The zero-order chi connectivity index (χ0) is 28.7. The number of rotatable bonds is 7. The van der Waals surface area contributed by atoms with E-state index in [1.807, 2.05) is 0 Å². The third-order valence-electron chi connectivity index (χ3n) is 6.57. The minimum atomic E-state index is -4.07. The van der Waals surface area contributed by atoms with Gasteiger partial charge in [0.15, 0.2) is 5.78 Å². The molecule has 0 spiro atoms. The second-order valence-electron chi connectivity index (χ2n) is 9.12. The highest BCUT2D eigenvalue weighted by Gasteiger charge is 2.25. The van der Waals surface area contributed by atoms with Crippen LogP contribution >= 0.6 is 23.2 Å². The summed E-state index contributed by atoms with van der Waals surface area (Å²) in [6, 6.07) is 21.6. The number of fused-ring (bicyclic) bond motifs is 2. The zero-order valence-corrected chi connectivity index (χ0v) is 23.4. The lowest BCUT2D eigenvalue weighted by atomic mass is 10.1. The molecule has 202 valence electrons. The van der Waals surface area contributed by atoms with Gasteiger partial charge in [-0.1, -0.05) is 41.4 Å². The Hall–Kier alpha value is -4.62. The van der Waals surface area contributed by atoms with Gasteiger partial charge < -0.3 is 9.30 Å². The van der Waals surface area contributed by atoms with Gasteiger partial charge >= 0.3 is 0 Å². The average Bonchev–Trinajstić information content (AvgIpc) is 3.52. The van der Waals surface area contributed by atoms with Crippen LogP contribution in [0.15, 0.2) is 102 Å². The Morgan fingerprint density at radius 2 is 1.68 bits per heavy atom. The van der Waals surface area contributed by atoms with E-state index >= 15 is 0 Å². The highest BCUT2D eigenvalue weighted by Crippen LogP contribution is 2.34. The number of hydrogen-bond donors (Lipinski definition) is 0. The Bertz CT molecular complexity index is 2120. The largest absolute Gasteiger partial charge is 0.456 e. The molecule has 0 saturated carbocycles. The van der Waals surface area contributed by atoms with E-state index in [4.69, 9.17) is 27.9 Å². The van der Waals surface area contributed by atoms with Crippen molar-refractivity contribution in [3.63, 3.8) is 0 Å². The van der Waals surface area contributed by atoms with Crippen LogP contribution in [0.1, 0.15) is 15.9 Å². The highest BCUT2D eigenvalue weighted by molar-refractivity contribution is 7.90. The molecule has 0 aliphatic carbocycles. The molecule has 3 aromatic heterocycles. The minimum Gasteiger partial charge on any atom is -0.456 e. The molecule has 0 fully saturated rings. The first-order valence-electron chi connectivity index (χ1n) is 12.2. The number of carbonyl (C=O) groups is 1. The first-order valence-corrected chi connectivity index (χ1v) is 14.4. The van der Waals surface area contributed by atoms with E-state index in [-0.39, 0.29) is 33.3 Å². The number of aromatic nitrogens is 3. The Kier molecular flexibility index (Phi) is 6.75. The molecule has 6 rings (SSSR count). The summed E-state index contributed by atoms with van der Waals surface area (Å²) in [5.74, 6) is 0.470. The summed E-state index contributed by atoms with van der Waals surface area (Å²) in [4.78, 5) is 17.9. The predicted octanol–water partition coefficient (Wildman–Crippen LogP) is 7.08. The van der Waals surface area contributed by atoms with Crippen molar-refractivity contribution in [3.8, 4) is 17.6 Å². The molecule has 0 radical (unpaired) electrons. The molecule has 0 aliphatic rings. The number of nitriles is 1. The summed E-state index contributed by atoms with van der Waals surface area (Å²) < 4.78 is 36.1. The van der Waals surface area contributed by atoms with Crippen LogP contribution in [-0.4, -0.2) is 27.7 Å². The molecule has 41 heavy (non-hydrogen) atoms. The van der Waals surface area contributed by atoms with Crippen LogP contribution in [0.5, 0.6) is 11.5 Å². The Labute approximate surface area is 244 Å². The smallest absolute Gasteiger partial charge is 0.268 e. The molecular weight excluding hydrogens is 583 g/mol. The van der Waals surface area contributed by atoms with Crippen LogP contribution in [0.4, 0.5) is 0 Å². The van der Waals surface area contributed by atoms with Gasteiger partial charge in [0.1, 0.15) is 17.6 Å². The van der Waals surface area contributed by atoms with Gasteiger partial charge in [-0.3, -0.25) is 9.78 Å². The van der Waals surface area contributed by atoms with E-state index in [0.29, 0.717) is 38.4 Å². The average molecular weight is 601 g/mol. The molecule has 0 amide bonds. The molecule has 11 heteroatoms. The van der Waals surface area contributed by atoms with Gasteiger partial charge in [-0.25, -0.2) is 12.4 Å². The zero-order valence-electron chi connectivity index (χ0n) is 21.0. The van der Waals surface area contributed by atoms with Crippen LogP contribution in [0.3, 0.4) is 0 Å². The van der Waals surface area contributed by atoms with Crippen LogP contribution in [0, 0.1) is 11.3 Å². The van der Waals surface area contributed by atoms with Gasteiger partial charge in [0, 0.05) is 41.0 Å². The second-order valence-corrected chi connectivity index (χ2v) is 11.7. The van der Waals surface area contributed by atoms with Crippen LogP contribution in [0.25, 0.3) is 21.8 Å². The first kappa shape index (κ1) is 26.6. The summed E-state index contributed by atoms with van der Waals surface area (Å²) >= 11 is 12.4. The van der Waals surface area contributed by atoms with Crippen molar-refractivity contribution in [2.75, 3.05) is 0 Å². The van der Waals surface area contributed by atoms with Gasteiger partial charge in [0.2, 0.25) is 0 Å². The molecule has 0 saturated heterocycles. The number of nitrogens with zero attached hydrogens (tertiary/aromatic N) is 4. The molecule has 8 nitrogen and oxygen atoms in total. The third-order valence-corrected chi connectivity index (χ3v) is 8.98. The van der Waals surface area contributed by atoms with Crippen molar-refractivity contribution < 1.29 is 17.9 Å². The normalized spacial score (nSPS) is 11.5. The van der Waals surface area contributed by atoms with E-state index in [1.165, 1.54) is 24.5 Å². The van der Waals surface area contributed by atoms with E-state index in [2.05, 4.69) is 11.1 Å². The van der Waals surface area contributed by atoms with Crippen molar-refractivity contribution in [1.29, 1.82) is 5.26 Å². The number of carbonyl (C=O) groups excluding carboxylic acids is 1. The second kappa shape index (κ2) is 10.4. The molecule has 0 aliphatic heterocycles. The van der Waals surface area contributed by atoms with E-state index in [9.17, 15) is 18.5 Å². The van der Waals surface area contributed by atoms with Gasteiger partial charge in [-0.05, 0) is 48.5 Å². The van der Waals surface area contributed by atoms with Crippen molar-refractivity contribution >= 4 is 60.8 Å². The van der Waals surface area contributed by atoms with Gasteiger partial charge in [0.05, 0.1) is 44.3 Å². The van der Waals surface area contributed by atoms with E-state index in [1.54, 1.807) is 77.6 Å². The third kappa shape index (κ3) is 4.83. The topological polar surface area (TPSA) is 107 Å². The number of ether oxygens (including phenoxy) is 1. The van der Waals surface area contributed by atoms with Gasteiger partial charge in [-0.2, -0.15) is 5.26 Å². The fraction of sp³-hybridized carbons (Fsp3) is 0.0333. The van der Waals surface area contributed by atoms with Crippen molar-refractivity contribution in [3.05, 3.63) is 119 Å². The fourth-order valence-electron chi connectivity index (χ4n) is 4.66. The lowest BCUT2D eigenvalue weighted by Gasteiger charge is -2.09. The SMILES string of the molecule is N#Cc1cn(CC(=O)c2cn(S(=O)(=O)c3ccccc3)c3cc(Oc4cccnc4)ccc23)c2cc(Cl)c(Cl)cc12. The molecular formula is C30H18Cl2N4O4S. The van der Waals surface area contributed by atoms with Crippen LogP contribution in [-0.2, 0) is 16.6 Å². The summed E-state index contributed by atoms with van der Waals surface area (Å²) in [5.41, 5.74) is 1.34. The monoisotopic (exact) mass is 600 g/mol. The molecule has 0 bridgehead atoms. The predicted molar refractivity (Wildman–Crippen MR) is 156 cm³/mol. The van der Waals surface area contributed by atoms with Crippen LogP contribution < -0.4 is 4.74 Å². The van der Waals surface area contributed by atoms with Crippen molar-refractivity contribution in [1.82, 2.24) is 13.5 Å². The number of pyridine rings is 1. The Morgan fingerprint density at radius 1 is 0.902 bits per heavy atom. The summed E-state index contributed by atoms with van der Waals surface area (Å²) in [7, 11) is -4.07. The van der Waals surface area contributed by atoms with E-state index in [0.717, 1.165) is 3.97 Å². The van der Waals surface area contributed by atoms with Gasteiger partial charge in [0.25, 0.3) is 10.0 Å². The molecule has 3 aromatic carbocycles. The molecule has 0 N–H and O–H groups in total. The number of ketones is 1. The summed E-state index contributed by atoms with van der Waals surface area (Å²) in [5, 5.41) is 11.2. The number of hydrogen-bond acceptors (Lipinski definition) is 6. The van der Waals surface area contributed by atoms with Crippen molar-refractivity contribution in [2.24, 2.45) is 0 Å². The molecule has 6 aromatic rings. The van der Waals surface area contributed by atoms with E-state index < -0.39 is 10.0 Å². The highest BCUT2D eigenvalue weighted by atomic mass is 35.5. The van der Waals surface area contributed by atoms with Crippen LogP contribution in [0.2, 0.25) is 10.0 Å². The molecule has 3 heterocycles. The fourth-order valence-corrected chi connectivity index (χ4v) is 6.36. The number of halogens is 2. The maximum atomic E-state index is 13.8. The van der Waals surface area contributed by atoms with Crippen molar-refractivity contribution in [2.45, 2.75) is 11.4 Å². The standard InChI is InChI=1S/C30H18Cl2N4O4S/c31-26-12-24-19(14-33)16-35(28(24)13-27(26)32)18-30(37)25-17-36(41(38,39)22-6-2-1-3-7-22)29-11-20(8-9-23(25)29)40-21-5-4-10-34-15-21/h1-13,15-17H,18H2. The van der Waals surface area contributed by atoms with Gasteiger partial charge in [-0.15, -0.1) is 0 Å².